The number of cyclic esters (lactones) is 1. The lowest BCUT2D eigenvalue weighted by Crippen LogP contribution is -2.60. The number of carbonyl (C=O) groups is 4. The van der Waals surface area contributed by atoms with Crippen molar-refractivity contribution in [3.63, 3.8) is 0 Å². The third kappa shape index (κ3) is 7.83. The molecule has 3 N–H and O–H groups in total. The summed E-state index contributed by atoms with van der Waals surface area (Å²) in [5.74, 6) is -1.47. The summed E-state index contributed by atoms with van der Waals surface area (Å²) in [6.07, 6.45) is 4.38. The molecule has 0 spiro atoms. The summed E-state index contributed by atoms with van der Waals surface area (Å²) in [6, 6.07) is 5.94. The summed E-state index contributed by atoms with van der Waals surface area (Å²) in [4.78, 5) is 63.4. The van der Waals surface area contributed by atoms with Crippen molar-refractivity contribution < 1.29 is 37.1 Å². The monoisotopic (exact) mass is 738 g/mol. The number of nitrogens with one attached hydrogen (secondary N) is 3. The summed E-state index contributed by atoms with van der Waals surface area (Å²) < 4.78 is 39.7. The second kappa shape index (κ2) is 14.2. The Labute approximate surface area is 305 Å². The van der Waals surface area contributed by atoms with Crippen molar-refractivity contribution in [2.24, 2.45) is 11.3 Å². The Morgan fingerprint density at radius 2 is 1.88 bits per heavy atom. The quantitative estimate of drug-likeness (QED) is 0.358. The van der Waals surface area contributed by atoms with Crippen molar-refractivity contribution in [3.8, 4) is 5.88 Å². The molecular formula is C37H50N6O8S. The van der Waals surface area contributed by atoms with E-state index in [1.807, 2.05) is 31.1 Å². The highest BCUT2D eigenvalue weighted by atomic mass is 32.2. The third-order valence-corrected chi connectivity index (χ3v) is 12.2. The highest BCUT2D eigenvalue weighted by Gasteiger charge is 2.62. The number of sulfonamides is 1. The van der Waals surface area contributed by atoms with Crippen LogP contribution < -0.4 is 25.0 Å². The summed E-state index contributed by atoms with van der Waals surface area (Å²) in [5, 5.41) is 6.65. The van der Waals surface area contributed by atoms with Crippen LogP contribution in [-0.4, -0.2) is 98.3 Å². The Kier molecular flexibility index (Phi) is 10.2. The number of hydrogen-bond acceptors (Lipinski definition) is 10. The first-order valence-corrected chi connectivity index (χ1v) is 19.6. The fourth-order valence-electron chi connectivity index (χ4n) is 7.02. The summed E-state index contributed by atoms with van der Waals surface area (Å²) in [7, 11) is -0.125. The number of carbonyl (C=O) groups excluding carboxylic acids is 4. The Morgan fingerprint density at radius 1 is 1.13 bits per heavy atom. The van der Waals surface area contributed by atoms with E-state index in [4.69, 9.17) is 14.5 Å². The fourth-order valence-corrected chi connectivity index (χ4v) is 8.39. The van der Waals surface area contributed by atoms with Crippen molar-refractivity contribution in [1.29, 1.82) is 0 Å². The van der Waals surface area contributed by atoms with Crippen LogP contribution >= 0.6 is 0 Å². The highest BCUT2D eigenvalue weighted by Crippen LogP contribution is 2.45. The van der Waals surface area contributed by atoms with Crippen molar-refractivity contribution in [1.82, 2.24) is 25.2 Å². The Bertz CT molecular complexity index is 1870. The molecule has 3 fully saturated rings. The summed E-state index contributed by atoms with van der Waals surface area (Å²) in [5.41, 5.74) is -1.23. The first kappa shape index (κ1) is 37.4. The maximum absolute atomic E-state index is 14.5. The largest absolute Gasteiger partial charge is 0.472 e. The zero-order valence-electron chi connectivity index (χ0n) is 30.6. The molecule has 15 heteroatoms. The van der Waals surface area contributed by atoms with E-state index in [0.717, 1.165) is 35.6 Å². The molecule has 0 unspecified atom stereocenters. The Balaban J connectivity index is 1.36. The molecule has 0 radical (unpaired) electrons. The first-order chi connectivity index (χ1) is 24.5. The molecule has 1 saturated heterocycles. The van der Waals surface area contributed by atoms with E-state index in [0.29, 0.717) is 31.0 Å². The smallest absolute Gasteiger partial charge is 0.407 e. The molecule has 2 saturated carbocycles. The van der Waals surface area contributed by atoms with Gasteiger partial charge in [-0.2, -0.15) is 4.98 Å². The number of amides is 4. The summed E-state index contributed by atoms with van der Waals surface area (Å²) >= 11 is 0. The van der Waals surface area contributed by atoms with Crippen LogP contribution in [0, 0.1) is 11.3 Å². The number of nitrogens with zero attached hydrogens (tertiary/aromatic N) is 3. The van der Waals surface area contributed by atoms with Crippen LogP contribution in [0.5, 0.6) is 5.88 Å². The Morgan fingerprint density at radius 3 is 2.54 bits per heavy atom. The zero-order valence-corrected chi connectivity index (χ0v) is 31.4. The van der Waals surface area contributed by atoms with Crippen molar-refractivity contribution in [2.75, 3.05) is 32.1 Å². The van der Waals surface area contributed by atoms with E-state index in [1.165, 1.54) is 11.0 Å². The van der Waals surface area contributed by atoms with Crippen LogP contribution in [0.3, 0.4) is 0 Å². The lowest BCUT2D eigenvalue weighted by atomic mass is 9.85. The van der Waals surface area contributed by atoms with Gasteiger partial charge in [-0.25, -0.2) is 13.2 Å². The minimum absolute atomic E-state index is 0.0184. The van der Waals surface area contributed by atoms with Gasteiger partial charge in [-0.15, -0.1) is 6.58 Å². The number of benzene rings is 1. The standard InChI is InChI=1S/C37H50N6O8S/c1-7-24-20-37(24,34(46)41-52(48,49)26-14-15-26)40-31(44)28-19-25-21-43(28)33(45)30(36(2,3)4)39-35(47)50-16-10-8-9-11-22-12-13-23-18-29(42(5)6)38-32(51-25)27(23)17-22/h7,12-13,17-18,24-26,28,30H,1,8-11,14-16,19-21H2,2-6H3,(H,39,47)(H,40,44)(H,41,46)/t24-,25-,28+,30-,37-/m1/s1. The van der Waals surface area contributed by atoms with E-state index >= 15 is 0 Å². The third-order valence-electron chi connectivity index (χ3n) is 10.4. The lowest BCUT2D eigenvalue weighted by Gasteiger charge is -2.35. The molecule has 2 aliphatic heterocycles. The van der Waals surface area contributed by atoms with Gasteiger partial charge in [0.1, 0.15) is 29.5 Å². The lowest BCUT2D eigenvalue weighted by molar-refractivity contribution is -0.142. The van der Waals surface area contributed by atoms with Gasteiger partial charge in [-0.3, -0.25) is 19.1 Å². The number of anilines is 1. The average Bonchev–Trinajstić information content (AvgIpc) is 4.00. The molecule has 52 heavy (non-hydrogen) atoms. The van der Waals surface area contributed by atoms with E-state index in [2.05, 4.69) is 34.1 Å². The van der Waals surface area contributed by atoms with Gasteiger partial charge >= 0.3 is 6.09 Å². The molecule has 4 bridgehead atoms. The van der Waals surface area contributed by atoms with Gasteiger partial charge < -0.3 is 29.9 Å². The van der Waals surface area contributed by atoms with Crippen molar-refractivity contribution >= 4 is 50.4 Å². The number of pyridine rings is 1. The number of ether oxygens (including phenoxy) is 2. The fraction of sp³-hybridized carbons (Fsp3) is 0.595. The molecule has 2 aromatic rings. The number of alkyl carbamates (subject to hydrolysis) is 1. The van der Waals surface area contributed by atoms with Gasteiger partial charge in [-0.05, 0) is 73.4 Å². The van der Waals surface area contributed by atoms with E-state index < -0.39 is 74.1 Å². The van der Waals surface area contributed by atoms with Crippen molar-refractivity contribution in [3.05, 3.63) is 42.5 Å². The van der Waals surface area contributed by atoms with Gasteiger partial charge in [0, 0.05) is 31.8 Å². The van der Waals surface area contributed by atoms with E-state index in [1.54, 1.807) is 20.8 Å². The molecule has 4 amide bonds. The van der Waals surface area contributed by atoms with Crippen molar-refractivity contribution in [2.45, 2.75) is 101 Å². The predicted octanol–water partition coefficient (Wildman–Crippen LogP) is 3.19. The van der Waals surface area contributed by atoms with Crippen LogP contribution in [0.4, 0.5) is 10.6 Å². The molecule has 4 aliphatic rings. The first-order valence-electron chi connectivity index (χ1n) is 18.0. The zero-order chi connectivity index (χ0) is 37.6. The Hall–Kier alpha value is -4.40. The predicted molar refractivity (Wildman–Crippen MR) is 195 cm³/mol. The minimum Gasteiger partial charge on any atom is -0.472 e. The number of aryl methyl sites for hydroxylation is 1. The number of hydrogen-bond donors (Lipinski definition) is 3. The van der Waals surface area contributed by atoms with E-state index in [9.17, 15) is 27.6 Å². The second-order valence-corrected chi connectivity index (χ2v) is 17.8. The average molecular weight is 739 g/mol. The van der Waals surface area contributed by atoms with Crippen LogP contribution in [0.2, 0.25) is 0 Å². The molecule has 282 valence electrons. The van der Waals surface area contributed by atoms with Crippen LogP contribution in [-0.2, 0) is 35.6 Å². The number of fused-ring (bicyclic) bond motifs is 3. The highest BCUT2D eigenvalue weighted by molar-refractivity contribution is 7.91. The number of rotatable bonds is 7. The maximum Gasteiger partial charge on any atom is 0.407 e. The molecule has 14 nitrogen and oxygen atoms in total. The molecule has 2 aliphatic carbocycles. The van der Waals surface area contributed by atoms with Crippen LogP contribution in [0.1, 0.15) is 71.3 Å². The van der Waals surface area contributed by atoms with E-state index in [-0.39, 0.29) is 26.0 Å². The van der Waals surface area contributed by atoms with Gasteiger partial charge in [0.15, 0.2) is 0 Å². The van der Waals surface area contributed by atoms with Gasteiger partial charge in [0.2, 0.25) is 27.7 Å². The molecule has 1 aromatic heterocycles. The van der Waals surface area contributed by atoms with Crippen LogP contribution in [0.25, 0.3) is 10.8 Å². The SMILES string of the molecule is C=C[C@@H]1C[C@]1(NC(=O)[C@@H]1C[C@@H]2CN1C(=O)[C@H](C(C)(C)C)NC(=O)OCCCCCc1ccc3cc(N(C)C)nc(c3c1)O2)C(=O)NS(=O)(=O)C1CC1. The molecule has 3 heterocycles. The minimum atomic E-state index is -3.89. The normalized spacial score (nSPS) is 27.1. The molecule has 1 aromatic carbocycles. The van der Waals surface area contributed by atoms with Gasteiger partial charge in [0.25, 0.3) is 5.91 Å². The maximum atomic E-state index is 14.5. The summed E-state index contributed by atoms with van der Waals surface area (Å²) in [6.45, 7) is 9.37. The van der Waals surface area contributed by atoms with Gasteiger partial charge in [-0.1, -0.05) is 39.0 Å². The molecular weight excluding hydrogens is 689 g/mol. The topological polar surface area (TPSA) is 176 Å². The van der Waals surface area contributed by atoms with Gasteiger partial charge in [0.05, 0.1) is 18.4 Å². The van der Waals surface area contributed by atoms with Crippen LogP contribution in [0.15, 0.2) is 36.9 Å². The number of aromatic nitrogens is 1. The molecule has 5 atom stereocenters. The molecule has 6 rings (SSSR count). The second-order valence-electron chi connectivity index (χ2n) is 15.8.